The summed E-state index contributed by atoms with van der Waals surface area (Å²) < 4.78 is 6.99. The number of pyridine rings is 2. The Balaban J connectivity index is 1.44. The second-order valence-electron chi connectivity index (χ2n) is 5.80. The summed E-state index contributed by atoms with van der Waals surface area (Å²) in [5, 5.41) is 8.46. The molecule has 8 nitrogen and oxygen atoms in total. The number of nitrogens with zero attached hydrogens (tertiary/aromatic N) is 6. The summed E-state index contributed by atoms with van der Waals surface area (Å²) in [7, 11) is 1.55. The van der Waals surface area contributed by atoms with Crippen molar-refractivity contribution in [2.75, 3.05) is 38.2 Å². The van der Waals surface area contributed by atoms with Gasteiger partial charge in [0.15, 0.2) is 5.65 Å². The summed E-state index contributed by atoms with van der Waals surface area (Å²) in [5.41, 5.74) is 1.39. The first-order chi connectivity index (χ1) is 12.3. The van der Waals surface area contributed by atoms with Gasteiger partial charge in [0.2, 0.25) is 11.8 Å². The van der Waals surface area contributed by atoms with Gasteiger partial charge in [0.05, 0.1) is 12.7 Å². The number of carbonyl (C=O) groups excluding carboxylic acids is 1. The zero-order valence-corrected chi connectivity index (χ0v) is 13.9. The zero-order valence-electron chi connectivity index (χ0n) is 13.9. The summed E-state index contributed by atoms with van der Waals surface area (Å²) in [6.45, 7) is 2.69. The first-order valence-electron chi connectivity index (χ1n) is 8.10. The van der Waals surface area contributed by atoms with E-state index in [-0.39, 0.29) is 5.91 Å². The number of anilines is 1. The topological polar surface area (TPSA) is 75.9 Å². The maximum atomic E-state index is 12.6. The first-order valence-corrected chi connectivity index (χ1v) is 8.10. The van der Waals surface area contributed by atoms with Crippen molar-refractivity contribution >= 4 is 17.5 Å². The number of ether oxygens (including phenoxy) is 1. The number of fused-ring (bicyclic) bond motifs is 1. The number of amides is 1. The third kappa shape index (κ3) is 2.86. The Kier molecular flexibility index (Phi) is 3.93. The van der Waals surface area contributed by atoms with E-state index in [1.54, 1.807) is 25.4 Å². The average molecular weight is 338 g/mol. The Bertz CT molecular complexity index is 884. The molecule has 8 heteroatoms. The van der Waals surface area contributed by atoms with Gasteiger partial charge in [-0.05, 0) is 18.2 Å². The van der Waals surface area contributed by atoms with Crippen LogP contribution in [0.4, 0.5) is 5.95 Å². The van der Waals surface area contributed by atoms with E-state index in [2.05, 4.69) is 20.1 Å². The molecule has 0 aromatic carbocycles. The Morgan fingerprint density at radius 2 is 1.92 bits per heavy atom. The van der Waals surface area contributed by atoms with Crippen LogP contribution >= 0.6 is 0 Å². The molecule has 25 heavy (non-hydrogen) atoms. The van der Waals surface area contributed by atoms with Gasteiger partial charge in [-0.3, -0.25) is 9.20 Å². The fourth-order valence-corrected chi connectivity index (χ4v) is 2.96. The maximum Gasteiger partial charge on any atom is 0.255 e. The van der Waals surface area contributed by atoms with E-state index in [1.165, 1.54) is 0 Å². The lowest BCUT2D eigenvalue weighted by Crippen LogP contribution is -2.49. The lowest BCUT2D eigenvalue weighted by atomic mass is 10.2. The molecule has 3 aromatic rings. The number of methoxy groups -OCH3 is 1. The standard InChI is InChI=1S/C17H18N6O2/c1-25-15-6-5-13(12-18-15)16(24)21-8-10-22(11-9-21)17-20-19-14-4-2-3-7-23(14)17/h2-7,12H,8-11H2,1H3. The number of aromatic nitrogens is 4. The van der Waals surface area contributed by atoms with Crippen LogP contribution in [0.1, 0.15) is 10.4 Å². The average Bonchev–Trinajstić information content (AvgIpc) is 3.12. The molecule has 1 saturated heterocycles. The molecule has 0 N–H and O–H groups in total. The van der Waals surface area contributed by atoms with Gasteiger partial charge in [0.25, 0.3) is 5.91 Å². The van der Waals surface area contributed by atoms with Crippen LogP contribution in [-0.4, -0.2) is 63.7 Å². The Hall–Kier alpha value is -3.16. The van der Waals surface area contributed by atoms with Crippen LogP contribution in [0.3, 0.4) is 0 Å². The molecule has 0 atom stereocenters. The smallest absolute Gasteiger partial charge is 0.255 e. The van der Waals surface area contributed by atoms with Crippen LogP contribution in [0.15, 0.2) is 42.7 Å². The van der Waals surface area contributed by atoms with Gasteiger partial charge in [-0.1, -0.05) is 6.07 Å². The Morgan fingerprint density at radius 1 is 1.08 bits per heavy atom. The van der Waals surface area contributed by atoms with Crippen molar-refractivity contribution in [3.05, 3.63) is 48.3 Å². The van der Waals surface area contributed by atoms with E-state index < -0.39 is 0 Å². The summed E-state index contributed by atoms with van der Waals surface area (Å²) in [6, 6.07) is 9.26. The fraction of sp³-hybridized carbons (Fsp3) is 0.294. The SMILES string of the molecule is COc1ccc(C(=O)N2CCN(c3nnc4ccccn34)CC2)cn1. The molecule has 1 amide bonds. The molecule has 0 saturated carbocycles. The van der Waals surface area contributed by atoms with E-state index >= 15 is 0 Å². The van der Waals surface area contributed by atoms with Crippen LogP contribution in [0, 0.1) is 0 Å². The van der Waals surface area contributed by atoms with Gasteiger partial charge in [-0.15, -0.1) is 10.2 Å². The normalized spacial score (nSPS) is 14.8. The number of rotatable bonds is 3. The Morgan fingerprint density at radius 3 is 2.64 bits per heavy atom. The minimum absolute atomic E-state index is 0.0131. The molecule has 4 heterocycles. The third-order valence-corrected chi connectivity index (χ3v) is 4.34. The van der Waals surface area contributed by atoms with Gasteiger partial charge in [-0.2, -0.15) is 0 Å². The van der Waals surface area contributed by atoms with Gasteiger partial charge < -0.3 is 14.5 Å². The van der Waals surface area contributed by atoms with Crippen molar-refractivity contribution in [2.24, 2.45) is 0 Å². The van der Waals surface area contributed by atoms with E-state index in [0.29, 0.717) is 37.6 Å². The minimum atomic E-state index is -0.0131. The molecule has 0 aliphatic carbocycles. The number of carbonyl (C=O) groups is 1. The highest BCUT2D eigenvalue weighted by Gasteiger charge is 2.24. The van der Waals surface area contributed by atoms with Crippen molar-refractivity contribution < 1.29 is 9.53 Å². The number of piperazine rings is 1. The van der Waals surface area contributed by atoms with Gasteiger partial charge in [0, 0.05) is 44.6 Å². The summed E-state index contributed by atoms with van der Waals surface area (Å²) in [4.78, 5) is 20.7. The molecule has 0 bridgehead atoms. The van der Waals surface area contributed by atoms with Crippen molar-refractivity contribution in [3.8, 4) is 5.88 Å². The van der Waals surface area contributed by atoms with E-state index in [9.17, 15) is 4.79 Å². The van der Waals surface area contributed by atoms with Crippen molar-refractivity contribution in [2.45, 2.75) is 0 Å². The maximum absolute atomic E-state index is 12.6. The van der Waals surface area contributed by atoms with Crippen LogP contribution in [0.2, 0.25) is 0 Å². The predicted octanol–water partition coefficient (Wildman–Crippen LogP) is 1.10. The zero-order chi connectivity index (χ0) is 17.2. The first kappa shape index (κ1) is 15.4. The molecule has 3 aromatic heterocycles. The van der Waals surface area contributed by atoms with Crippen molar-refractivity contribution in [1.29, 1.82) is 0 Å². The third-order valence-electron chi connectivity index (χ3n) is 4.34. The van der Waals surface area contributed by atoms with E-state index in [1.807, 2.05) is 33.7 Å². The largest absolute Gasteiger partial charge is 0.481 e. The second kappa shape index (κ2) is 6.39. The van der Waals surface area contributed by atoms with Crippen molar-refractivity contribution in [3.63, 3.8) is 0 Å². The van der Waals surface area contributed by atoms with E-state index in [4.69, 9.17) is 4.74 Å². The molecule has 1 aliphatic rings. The summed E-state index contributed by atoms with van der Waals surface area (Å²) >= 11 is 0. The van der Waals surface area contributed by atoms with E-state index in [0.717, 1.165) is 11.6 Å². The molecule has 1 fully saturated rings. The van der Waals surface area contributed by atoms with Crippen LogP contribution in [0.5, 0.6) is 5.88 Å². The number of hydrogen-bond donors (Lipinski definition) is 0. The molecule has 0 unspecified atom stereocenters. The van der Waals surface area contributed by atoms with Gasteiger partial charge in [0.1, 0.15) is 0 Å². The lowest BCUT2D eigenvalue weighted by Gasteiger charge is -2.34. The Labute approximate surface area is 144 Å². The fourth-order valence-electron chi connectivity index (χ4n) is 2.96. The van der Waals surface area contributed by atoms with Crippen LogP contribution in [-0.2, 0) is 0 Å². The molecule has 4 rings (SSSR count). The molecular weight excluding hydrogens is 320 g/mol. The highest BCUT2D eigenvalue weighted by atomic mass is 16.5. The van der Waals surface area contributed by atoms with Crippen molar-refractivity contribution in [1.82, 2.24) is 24.5 Å². The molecule has 1 aliphatic heterocycles. The highest BCUT2D eigenvalue weighted by Crippen LogP contribution is 2.17. The highest BCUT2D eigenvalue weighted by molar-refractivity contribution is 5.94. The second-order valence-corrected chi connectivity index (χ2v) is 5.80. The monoisotopic (exact) mass is 338 g/mol. The van der Waals surface area contributed by atoms with Crippen LogP contribution in [0.25, 0.3) is 5.65 Å². The van der Waals surface area contributed by atoms with Gasteiger partial charge >= 0.3 is 0 Å². The number of hydrogen-bond acceptors (Lipinski definition) is 6. The minimum Gasteiger partial charge on any atom is -0.481 e. The predicted molar refractivity (Wildman–Crippen MR) is 91.9 cm³/mol. The molecule has 128 valence electrons. The quantitative estimate of drug-likeness (QED) is 0.712. The molecule has 0 radical (unpaired) electrons. The molecule has 0 spiro atoms. The summed E-state index contributed by atoms with van der Waals surface area (Å²) in [5.74, 6) is 1.30. The van der Waals surface area contributed by atoms with Gasteiger partial charge in [-0.25, -0.2) is 4.98 Å². The summed E-state index contributed by atoms with van der Waals surface area (Å²) in [6.07, 6.45) is 3.50. The molecular formula is C17H18N6O2. The van der Waals surface area contributed by atoms with Crippen LogP contribution < -0.4 is 9.64 Å². The lowest BCUT2D eigenvalue weighted by molar-refractivity contribution is 0.0745.